The molecule has 1 saturated heterocycles. The van der Waals surface area contributed by atoms with E-state index >= 15 is 0 Å². The van der Waals surface area contributed by atoms with Crippen LogP contribution in [0.25, 0.3) is 0 Å². The molecule has 6 unspecified atom stereocenters. The number of ether oxygens (including phenoxy) is 5. The molecule has 0 spiro atoms. The van der Waals surface area contributed by atoms with Crippen LogP contribution in [0.15, 0.2) is 48.6 Å². The van der Waals surface area contributed by atoms with E-state index in [9.17, 15) is 34.5 Å². The largest absolute Gasteiger partial charge is 0.479 e. The smallest absolute Gasteiger partial charge is 0.335 e. The van der Waals surface area contributed by atoms with Gasteiger partial charge in [0.25, 0.3) is 0 Å². The van der Waals surface area contributed by atoms with Gasteiger partial charge in [0.2, 0.25) is 0 Å². The molecule has 0 aromatic heterocycles. The first-order valence-corrected chi connectivity index (χ1v) is 27.6. The number of carboxylic acids is 1. The lowest BCUT2D eigenvalue weighted by Gasteiger charge is -2.40. The Bertz CT molecular complexity index is 1390. The molecule has 0 aromatic carbocycles. The lowest BCUT2D eigenvalue weighted by molar-refractivity contribution is -0.301. The molecule has 398 valence electrons. The van der Waals surface area contributed by atoms with Gasteiger partial charge in [0.15, 0.2) is 24.6 Å². The predicted molar refractivity (Wildman–Crippen MR) is 276 cm³/mol. The minimum absolute atomic E-state index is 0.0498. The molecule has 0 amide bonds. The fraction of sp³-hybridized carbons (Fsp3) is 0.789. The minimum Gasteiger partial charge on any atom is -0.479 e. The first-order chi connectivity index (χ1) is 33.6. The molecule has 0 aliphatic carbocycles. The SMILES string of the molecule is CCCC/C=C\CCCCCCCC(=O)OC1C(OCC(COC(=O)CCCCCCCC/C=C\C/C=C\C/C=C\CCCCC)OC(=O)CCCCCCCCCCC)OC(C(=O)O)C(O)C1O. The van der Waals surface area contributed by atoms with Crippen LogP contribution in [0.2, 0.25) is 0 Å². The highest BCUT2D eigenvalue weighted by atomic mass is 16.7. The lowest BCUT2D eigenvalue weighted by Crippen LogP contribution is -2.61. The first kappa shape index (κ1) is 63.7. The third-order valence-corrected chi connectivity index (χ3v) is 12.4. The average Bonchev–Trinajstić information content (AvgIpc) is 3.33. The number of aliphatic carboxylic acids is 1. The van der Waals surface area contributed by atoms with Crippen LogP contribution in [-0.2, 0) is 42.9 Å². The number of carboxylic acid groups (broad SMARTS) is 1. The van der Waals surface area contributed by atoms with Crippen LogP contribution in [0.5, 0.6) is 0 Å². The van der Waals surface area contributed by atoms with Crippen LogP contribution in [0.4, 0.5) is 0 Å². The molecular weight excluding hydrogens is 877 g/mol. The van der Waals surface area contributed by atoms with Crippen molar-refractivity contribution in [1.82, 2.24) is 0 Å². The Morgan fingerprint density at radius 3 is 1.41 bits per heavy atom. The number of esters is 3. The number of unbranched alkanes of at least 4 members (excludes halogenated alkanes) is 24. The Morgan fingerprint density at radius 2 is 0.884 bits per heavy atom. The van der Waals surface area contributed by atoms with Crippen LogP contribution in [0.3, 0.4) is 0 Å². The third kappa shape index (κ3) is 36.3. The van der Waals surface area contributed by atoms with Gasteiger partial charge in [0, 0.05) is 19.3 Å². The van der Waals surface area contributed by atoms with E-state index in [1.54, 1.807) is 0 Å². The molecule has 12 nitrogen and oxygen atoms in total. The van der Waals surface area contributed by atoms with Gasteiger partial charge >= 0.3 is 23.9 Å². The van der Waals surface area contributed by atoms with Crippen LogP contribution in [0.1, 0.15) is 239 Å². The molecule has 3 N–H and O–H groups in total. The van der Waals surface area contributed by atoms with Crippen molar-refractivity contribution in [2.75, 3.05) is 13.2 Å². The van der Waals surface area contributed by atoms with Gasteiger partial charge in [-0.25, -0.2) is 4.79 Å². The second-order valence-electron chi connectivity index (χ2n) is 18.9. The number of rotatable bonds is 46. The number of hydrogen-bond acceptors (Lipinski definition) is 11. The maximum absolute atomic E-state index is 13.0. The molecule has 0 radical (unpaired) electrons. The molecule has 1 fully saturated rings. The van der Waals surface area contributed by atoms with E-state index < -0.39 is 67.3 Å². The Morgan fingerprint density at radius 1 is 0.478 bits per heavy atom. The molecular formula is C57H98O12. The summed E-state index contributed by atoms with van der Waals surface area (Å²) in [6.45, 7) is 5.87. The summed E-state index contributed by atoms with van der Waals surface area (Å²) in [5, 5.41) is 31.3. The molecule has 0 aromatic rings. The molecule has 1 aliphatic heterocycles. The Kier molecular flexibility index (Phi) is 42.3. The summed E-state index contributed by atoms with van der Waals surface area (Å²) in [6.07, 6.45) is 41.1. The molecule has 0 saturated carbocycles. The average molecular weight is 975 g/mol. The van der Waals surface area contributed by atoms with E-state index in [2.05, 4.69) is 69.4 Å². The molecule has 1 rings (SSSR count). The summed E-state index contributed by atoms with van der Waals surface area (Å²) < 4.78 is 28.3. The highest BCUT2D eigenvalue weighted by Crippen LogP contribution is 2.26. The second-order valence-corrected chi connectivity index (χ2v) is 18.9. The van der Waals surface area contributed by atoms with E-state index in [4.69, 9.17) is 23.7 Å². The van der Waals surface area contributed by atoms with Crippen LogP contribution < -0.4 is 0 Å². The first-order valence-electron chi connectivity index (χ1n) is 27.6. The van der Waals surface area contributed by atoms with Crippen molar-refractivity contribution >= 4 is 23.9 Å². The van der Waals surface area contributed by atoms with Crippen LogP contribution in [0, 0.1) is 0 Å². The zero-order valence-corrected chi connectivity index (χ0v) is 43.6. The van der Waals surface area contributed by atoms with Gasteiger partial charge in [-0.1, -0.05) is 191 Å². The monoisotopic (exact) mass is 975 g/mol. The van der Waals surface area contributed by atoms with Gasteiger partial charge in [0.1, 0.15) is 18.8 Å². The van der Waals surface area contributed by atoms with Gasteiger partial charge in [0.05, 0.1) is 6.61 Å². The summed E-state index contributed by atoms with van der Waals surface area (Å²) >= 11 is 0. The zero-order chi connectivity index (χ0) is 50.4. The number of allylic oxidation sites excluding steroid dienone is 8. The molecule has 6 atom stereocenters. The Labute approximate surface area is 418 Å². The molecule has 69 heavy (non-hydrogen) atoms. The van der Waals surface area contributed by atoms with Crippen molar-refractivity contribution in [2.24, 2.45) is 0 Å². The summed E-state index contributed by atoms with van der Waals surface area (Å²) in [4.78, 5) is 50.8. The molecule has 0 bridgehead atoms. The van der Waals surface area contributed by atoms with Crippen molar-refractivity contribution in [2.45, 2.75) is 276 Å². The fourth-order valence-electron chi connectivity index (χ4n) is 8.06. The van der Waals surface area contributed by atoms with Crippen molar-refractivity contribution in [3.8, 4) is 0 Å². The quantitative estimate of drug-likeness (QED) is 0.0228. The normalized spacial score (nSPS) is 19.0. The predicted octanol–water partition coefficient (Wildman–Crippen LogP) is 13.4. The third-order valence-electron chi connectivity index (χ3n) is 12.4. The number of hydrogen-bond donors (Lipinski definition) is 3. The van der Waals surface area contributed by atoms with Crippen LogP contribution in [-0.4, -0.2) is 89.2 Å². The van der Waals surface area contributed by atoms with Crippen molar-refractivity contribution < 1.29 is 58.2 Å². The number of aliphatic hydroxyl groups excluding tert-OH is 2. The molecule has 1 heterocycles. The standard InChI is InChI=1S/C57H98O12/c1-4-7-10-13-16-19-21-22-23-24-25-26-27-28-30-32-34-37-40-43-49(58)65-46-48(67-50(59)44-41-38-35-31-18-15-12-9-6-3)47-66-57-55(53(62)52(61)54(69-57)56(63)64)68-51(60)45-42-39-36-33-29-20-17-14-11-8-5-2/h14,16-17,19,22-23,25-26,48,52-55,57,61-62H,4-13,15,18,20-21,24,27-47H2,1-3H3,(H,63,64)/b17-14-,19-16-,23-22-,26-25-. The maximum Gasteiger partial charge on any atom is 0.335 e. The Balaban J connectivity index is 2.67. The van der Waals surface area contributed by atoms with Gasteiger partial charge in [-0.2, -0.15) is 0 Å². The number of aliphatic hydroxyl groups is 2. The van der Waals surface area contributed by atoms with E-state index in [1.807, 2.05) is 0 Å². The van der Waals surface area contributed by atoms with E-state index in [0.717, 1.165) is 109 Å². The summed E-state index contributed by atoms with van der Waals surface area (Å²) in [5.41, 5.74) is 0. The minimum atomic E-state index is -1.90. The summed E-state index contributed by atoms with van der Waals surface area (Å²) in [5.74, 6) is -3.14. The highest BCUT2D eigenvalue weighted by Gasteiger charge is 2.50. The lowest BCUT2D eigenvalue weighted by atomic mass is 9.98. The van der Waals surface area contributed by atoms with E-state index in [-0.39, 0.29) is 25.9 Å². The van der Waals surface area contributed by atoms with Crippen LogP contribution >= 0.6 is 0 Å². The van der Waals surface area contributed by atoms with Gasteiger partial charge in [-0.05, 0) is 77.0 Å². The number of carbonyl (C=O) groups excluding carboxylic acids is 3. The van der Waals surface area contributed by atoms with E-state index in [0.29, 0.717) is 19.3 Å². The van der Waals surface area contributed by atoms with Crippen molar-refractivity contribution in [3.63, 3.8) is 0 Å². The van der Waals surface area contributed by atoms with Crippen molar-refractivity contribution in [1.29, 1.82) is 0 Å². The summed E-state index contributed by atoms with van der Waals surface area (Å²) in [6, 6.07) is 0. The van der Waals surface area contributed by atoms with E-state index in [1.165, 1.54) is 70.6 Å². The summed E-state index contributed by atoms with van der Waals surface area (Å²) in [7, 11) is 0. The number of carbonyl (C=O) groups is 4. The molecule has 12 heteroatoms. The second kappa shape index (κ2) is 45.8. The van der Waals surface area contributed by atoms with Gasteiger partial charge in [-0.3, -0.25) is 14.4 Å². The maximum atomic E-state index is 13.0. The zero-order valence-electron chi connectivity index (χ0n) is 43.6. The molecule has 1 aliphatic rings. The van der Waals surface area contributed by atoms with Gasteiger partial charge < -0.3 is 39.0 Å². The topological polar surface area (TPSA) is 175 Å². The fourth-order valence-corrected chi connectivity index (χ4v) is 8.06. The van der Waals surface area contributed by atoms with Gasteiger partial charge in [-0.15, -0.1) is 0 Å². The van der Waals surface area contributed by atoms with Crippen molar-refractivity contribution in [3.05, 3.63) is 48.6 Å². The highest BCUT2D eigenvalue weighted by molar-refractivity contribution is 5.74. The Hall–Kier alpha value is -3.32.